The molecular formula is C9H16ClNO. The molecule has 0 atom stereocenters. The van der Waals surface area contributed by atoms with Gasteiger partial charge >= 0.3 is 0 Å². The van der Waals surface area contributed by atoms with E-state index in [1.807, 2.05) is 6.08 Å². The van der Waals surface area contributed by atoms with Crippen molar-refractivity contribution in [2.75, 3.05) is 25.6 Å². The maximum absolute atomic E-state index is 5.92. The van der Waals surface area contributed by atoms with Crippen LogP contribution in [-0.4, -0.2) is 31.2 Å². The Kier molecular flexibility index (Phi) is 4.06. The van der Waals surface area contributed by atoms with Gasteiger partial charge in [-0.2, -0.15) is 0 Å². The van der Waals surface area contributed by atoms with Gasteiger partial charge in [-0.15, -0.1) is 18.2 Å². The molecule has 0 aromatic heterocycles. The summed E-state index contributed by atoms with van der Waals surface area (Å²) in [6.07, 6.45) is 3.87. The summed E-state index contributed by atoms with van der Waals surface area (Å²) in [5.74, 6) is 0.657. The van der Waals surface area contributed by atoms with Gasteiger partial charge in [0.2, 0.25) is 0 Å². The van der Waals surface area contributed by atoms with Gasteiger partial charge in [-0.3, -0.25) is 0 Å². The Balaban J connectivity index is 2.41. The highest BCUT2D eigenvalue weighted by molar-refractivity contribution is 6.18. The maximum Gasteiger partial charge on any atom is 0.0484 e. The lowest BCUT2D eigenvalue weighted by atomic mass is 9.92. The Labute approximate surface area is 78.9 Å². The van der Waals surface area contributed by atoms with Crippen LogP contribution in [0.4, 0.5) is 0 Å². The smallest absolute Gasteiger partial charge is 0.0484 e. The SMILES string of the molecule is C=CCNC1(CCl)CCOCC1. The van der Waals surface area contributed by atoms with E-state index in [-0.39, 0.29) is 5.54 Å². The zero-order valence-corrected chi connectivity index (χ0v) is 8.07. The summed E-state index contributed by atoms with van der Waals surface area (Å²) in [5.41, 5.74) is 0.0913. The van der Waals surface area contributed by atoms with E-state index in [0.29, 0.717) is 5.88 Å². The molecule has 0 aromatic carbocycles. The molecule has 1 saturated heterocycles. The zero-order valence-electron chi connectivity index (χ0n) is 7.31. The summed E-state index contributed by atoms with van der Waals surface area (Å²) >= 11 is 5.92. The molecule has 0 spiro atoms. The van der Waals surface area contributed by atoms with Crippen LogP contribution < -0.4 is 5.32 Å². The van der Waals surface area contributed by atoms with Crippen molar-refractivity contribution in [1.82, 2.24) is 5.32 Å². The standard InChI is InChI=1S/C9H16ClNO/c1-2-5-11-9(8-10)3-6-12-7-4-9/h2,11H,1,3-8H2. The van der Waals surface area contributed by atoms with E-state index in [2.05, 4.69) is 11.9 Å². The highest BCUT2D eigenvalue weighted by atomic mass is 35.5. The van der Waals surface area contributed by atoms with Crippen molar-refractivity contribution in [3.05, 3.63) is 12.7 Å². The number of nitrogens with one attached hydrogen (secondary N) is 1. The maximum atomic E-state index is 5.92. The molecule has 0 unspecified atom stereocenters. The van der Waals surface area contributed by atoms with E-state index in [0.717, 1.165) is 32.6 Å². The molecule has 1 rings (SSSR count). The van der Waals surface area contributed by atoms with Gasteiger partial charge in [-0.05, 0) is 12.8 Å². The molecule has 1 heterocycles. The third kappa shape index (κ3) is 2.47. The van der Waals surface area contributed by atoms with Gasteiger partial charge in [0.05, 0.1) is 0 Å². The van der Waals surface area contributed by atoms with Crippen LogP contribution in [0.3, 0.4) is 0 Å². The Hall–Kier alpha value is -0.0500. The molecular weight excluding hydrogens is 174 g/mol. The minimum absolute atomic E-state index is 0.0913. The lowest BCUT2D eigenvalue weighted by Crippen LogP contribution is -2.51. The van der Waals surface area contributed by atoms with Crippen LogP contribution in [0.2, 0.25) is 0 Å². The Bertz CT molecular complexity index is 143. The van der Waals surface area contributed by atoms with Crippen molar-refractivity contribution < 1.29 is 4.74 Å². The van der Waals surface area contributed by atoms with E-state index in [1.54, 1.807) is 0 Å². The van der Waals surface area contributed by atoms with Crippen molar-refractivity contribution in [1.29, 1.82) is 0 Å². The number of hydrogen-bond acceptors (Lipinski definition) is 2. The van der Waals surface area contributed by atoms with E-state index >= 15 is 0 Å². The summed E-state index contributed by atoms with van der Waals surface area (Å²) < 4.78 is 5.28. The monoisotopic (exact) mass is 189 g/mol. The van der Waals surface area contributed by atoms with Crippen LogP contribution in [0.5, 0.6) is 0 Å². The first kappa shape index (κ1) is 10.0. The zero-order chi connectivity index (χ0) is 8.86. The fourth-order valence-electron chi connectivity index (χ4n) is 1.41. The molecule has 70 valence electrons. The Morgan fingerprint density at radius 2 is 2.17 bits per heavy atom. The average Bonchev–Trinajstić information content (AvgIpc) is 2.16. The van der Waals surface area contributed by atoms with Gasteiger partial charge < -0.3 is 10.1 Å². The fraction of sp³-hybridized carbons (Fsp3) is 0.778. The van der Waals surface area contributed by atoms with E-state index < -0.39 is 0 Å². The second-order valence-electron chi connectivity index (χ2n) is 3.20. The summed E-state index contributed by atoms with van der Waals surface area (Å²) in [6.45, 7) is 6.13. The summed E-state index contributed by atoms with van der Waals surface area (Å²) in [6, 6.07) is 0. The Morgan fingerprint density at radius 1 is 1.50 bits per heavy atom. The first-order chi connectivity index (χ1) is 5.83. The number of hydrogen-bond donors (Lipinski definition) is 1. The molecule has 0 radical (unpaired) electrons. The van der Waals surface area contributed by atoms with Crippen LogP contribution in [-0.2, 0) is 4.74 Å². The normalized spacial score (nSPS) is 22.1. The highest BCUT2D eigenvalue weighted by Gasteiger charge is 2.30. The van der Waals surface area contributed by atoms with Gasteiger partial charge in [-0.1, -0.05) is 6.08 Å². The average molecular weight is 190 g/mol. The van der Waals surface area contributed by atoms with E-state index in [4.69, 9.17) is 16.3 Å². The third-order valence-electron chi connectivity index (χ3n) is 2.33. The molecule has 0 aliphatic carbocycles. The van der Waals surface area contributed by atoms with Crippen LogP contribution in [0.1, 0.15) is 12.8 Å². The van der Waals surface area contributed by atoms with Crippen molar-refractivity contribution in [3.63, 3.8) is 0 Å². The van der Waals surface area contributed by atoms with Crippen LogP contribution >= 0.6 is 11.6 Å². The molecule has 1 aliphatic rings. The lowest BCUT2D eigenvalue weighted by molar-refractivity contribution is 0.0480. The first-order valence-corrected chi connectivity index (χ1v) is 4.86. The van der Waals surface area contributed by atoms with Gasteiger partial charge in [0.15, 0.2) is 0 Å². The lowest BCUT2D eigenvalue weighted by Gasteiger charge is -2.36. The van der Waals surface area contributed by atoms with Crippen molar-refractivity contribution in [2.24, 2.45) is 0 Å². The number of halogens is 1. The first-order valence-electron chi connectivity index (χ1n) is 4.33. The molecule has 0 saturated carbocycles. The Morgan fingerprint density at radius 3 is 2.67 bits per heavy atom. The molecule has 0 amide bonds. The highest BCUT2D eigenvalue weighted by Crippen LogP contribution is 2.21. The largest absolute Gasteiger partial charge is 0.381 e. The fourth-order valence-corrected chi connectivity index (χ4v) is 1.77. The van der Waals surface area contributed by atoms with Crippen LogP contribution in [0.15, 0.2) is 12.7 Å². The number of alkyl halides is 1. The molecule has 0 aromatic rings. The van der Waals surface area contributed by atoms with Crippen molar-refractivity contribution in [3.8, 4) is 0 Å². The van der Waals surface area contributed by atoms with Crippen LogP contribution in [0, 0.1) is 0 Å². The second kappa shape index (κ2) is 4.85. The molecule has 3 heteroatoms. The van der Waals surface area contributed by atoms with E-state index in [1.165, 1.54) is 0 Å². The van der Waals surface area contributed by atoms with Crippen LogP contribution in [0.25, 0.3) is 0 Å². The number of ether oxygens (including phenoxy) is 1. The molecule has 12 heavy (non-hydrogen) atoms. The predicted molar refractivity (Wildman–Crippen MR) is 51.7 cm³/mol. The van der Waals surface area contributed by atoms with Crippen molar-refractivity contribution >= 4 is 11.6 Å². The molecule has 1 fully saturated rings. The quantitative estimate of drug-likeness (QED) is 0.535. The molecule has 0 bridgehead atoms. The summed E-state index contributed by atoms with van der Waals surface area (Å²) in [7, 11) is 0. The summed E-state index contributed by atoms with van der Waals surface area (Å²) in [5, 5.41) is 3.40. The molecule has 2 nitrogen and oxygen atoms in total. The topological polar surface area (TPSA) is 21.3 Å². The second-order valence-corrected chi connectivity index (χ2v) is 3.46. The van der Waals surface area contributed by atoms with Gasteiger partial charge in [0.1, 0.15) is 0 Å². The number of rotatable bonds is 4. The minimum atomic E-state index is 0.0913. The van der Waals surface area contributed by atoms with Crippen molar-refractivity contribution in [2.45, 2.75) is 18.4 Å². The predicted octanol–water partition coefficient (Wildman–Crippen LogP) is 1.55. The molecule has 1 aliphatic heterocycles. The van der Waals surface area contributed by atoms with Gasteiger partial charge in [-0.25, -0.2) is 0 Å². The van der Waals surface area contributed by atoms with Gasteiger partial charge in [0, 0.05) is 31.2 Å². The van der Waals surface area contributed by atoms with E-state index in [9.17, 15) is 0 Å². The molecule has 1 N–H and O–H groups in total. The minimum Gasteiger partial charge on any atom is -0.381 e. The third-order valence-corrected chi connectivity index (χ3v) is 2.84. The van der Waals surface area contributed by atoms with Gasteiger partial charge in [0.25, 0.3) is 0 Å². The summed E-state index contributed by atoms with van der Waals surface area (Å²) in [4.78, 5) is 0.